The van der Waals surface area contributed by atoms with E-state index >= 15 is 0 Å². The molecule has 1 aromatic heterocycles. The molecule has 3 rings (SSSR count). The van der Waals surface area contributed by atoms with Crippen molar-refractivity contribution in [1.82, 2.24) is 5.32 Å². The molecule has 1 aliphatic heterocycles. The van der Waals surface area contributed by atoms with Gasteiger partial charge in [0.2, 0.25) is 5.91 Å². The quantitative estimate of drug-likeness (QED) is 0.914. The molecule has 98 valence electrons. The molecule has 0 fully saturated rings. The van der Waals surface area contributed by atoms with Crippen LogP contribution in [0.3, 0.4) is 0 Å². The van der Waals surface area contributed by atoms with Crippen LogP contribution in [0.1, 0.15) is 22.9 Å². The topological polar surface area (TPSA) is 54.3 Å². The molecule has 1 unspecified atom stereocenters. The van der Waals surface area contributed by atoms with Crippen molar-refractivity contribution in [3.05, 3.63) is 51.9 Å². The van der Waals surface area contributed by atoms with E-state index in [1.807, 2.05) is 37.4 Å². The largest absolute Gasteiger partial charge is 0.452 e. The second kappa shape index (κ2) is 4.83. The number of hydrogen-bond donors (Lipinski definition) is 2. The normalized spacial score (nSPS) is 15.2. The number of carbonyl (C=O) groups is 1. The molecule has 0 spiro atoms. The van der Waals surface area contributed by atoms with Gasteiger partial charge < -0.3 is 15.1 Å². The summed E-state index contributed by atoms with van der Waals surface area (Å²) in [6, 6.07) is 9.78. The van der Waals surface area contributed by atoms with Crippen LogP contribution in [0.4, 0.5) is 5.69 Å². The van der Waals surface area contributed by atoms with Gasteiger partial charge in [-0.05, 0) is 52.3 Å². The first-order valence-electron chi connectivity index (χ1n) is 6.02. The van der Waals surface area contributed by atoms with Crippen molar-refractivity contribution in [2.75, 3.05) is 12.4 Å². The number of hydrogen-bond acceptors (Lipinski definition) is 3. The van der Waals surface area contributed by atoms with Crippen molar-refractivity contribution in [3.8, 4) is 0 Å². The van der Waals surface area contributed by atoms with E-state index in [1.54, 1.807) is 0 Å². The van der Waals surface area contributed by atoms with Crippen LogP contribution in [-0.2, 0) is 11.2 Å². The Morgan fingerprint density at radius 2 is 2.21 bits per heavy atom. The molecular formula is C14H13BrN2O2. The zero-order valence-corrected chi connectivity index (χ0v) is 12.0. The van der Waals surface area contributed by atoms with Crippen LogP contribution < -0.4 is 10.6 Å². The highest BCUT2D eigenvalue weighted by Gasteiger charge is 2.21. The summed E-state index contributed by atoms with van der Waals surface area (Å²) in [6.07, 6.45) is 0.446. The molecule has 19 heavy (non-hydrogen) atoms. The SMILES string of the molecule is CNC(c1ccc2c(c1)CC(=O)N2)c1ccc(Br)o1. The molecule has 0 aliphatic carbocycles. The summed E-state index contributed by atoms with van der Waals surface area (Å²) in [5.41, 5.74) is 3.03. The van der Waals surface area contributed by atoms with E-state index < -0.39 is 0 Å². The molecule has 1 aliphatic rings. The minimum Gasteiger partial charge on any atom is -0.452 e. The molecule has 2 aromatic rings. The van der Waals surface area contributed by atoms with Crippen LogP contribution in [0.2, 0.25) is 0 Å². The number of benzene rings is 1. The molecular weight excluding hydrogens is 308 g/mol. The van der Waals surface area contributed by atoms with Gasteiger partial charge in [-0.2, -0.15) is 0 Å². The Morgan fingerprint density at radius 3 is 2.89 bits per heavy atom. The van der Waals surface area contributed by atoms with Gasteiger partial charge in [0.05, 0.1) is 12.5 Å². The number of rotatable bonds is 3. The number of anilines is 1. The van der Waals surface area contributed by atoms with E-state index in [-0.39, 0.29) is 11.9 Å². The minimum absolute atomic E-state index is 0.0210. The first-order chi connectivity index (χ1) is 9.17. The molecule has 4 nitrogen and oxygen atoms in total. The van der Waals surface area contributed by atoms with Gasteiger partial charge in [0.25, 0.3) is 0 Å². The van der Waals surface area contributed by atoms with Gasteiger partial charge in [-0.1, -0.05) is 12.1 Å². The van der Waals surface area contributed by atoms with Crippen LogP contribution in [0.5, 0.6) is 0 Å². The second-order valence-corrected chi connectivity index (χ2v) is 5.29. The zero-order valence-electron chi connectivity index (χ0n) is 10.4. The third kappa shape index (κ3) is 2.31. The molecule has 0 radical (unpaired) electrons. The van der Waals surface area contributed by atoms with Crippen LogP contribution >= 0.6 is 15.9 Å². The van der Waals surface area contributed by atoms with Gasteiger partial charge >= 0.3 is 0 Å². The molecule has 2 N–H and O–H groups in total. The van der Waals surface area contributed by atoms with E-state index in [0.29, 0.717) is 11.1 Å². The summed E-state index contributed by atoms with van der Waals surface area (Å²) < 4.78 is 6.31. The van der Waals surface area contributed by atoms with E-state index in [1.165, 1.54) is 0 Å². The lowest BCUT2D eigenvalue weighted by Gasteiger charge is -2.15. The van der Waals surface area contributed by atoms with Gasteiger partial charge in [0, 0.05) is 5.69 Å². The van der Waals surface area contributed by atoms with E-state index in [4.69, 9.17) is 4.42 Å². The monoisotopic (exact) mass is 320 g/mol. The molecule has 1 atom stereocenters. The number of fused-ring (bicyclic) bond motifs is 1. The zero-order chi connectivity index (χ0) is 13.4. The molecule has 0 saturated heterocycles. The van der Waals surface area contributed by atoms with Crippen molar-refractivity contribution in [2.45, 2.75) is 12.5 Å². The molecule has 1 aromatic carbocycles. The van der Waals surface area contributed by atoms with E-state index in [0.717, 1.165) is 22.6 Å². The third-order valence-corrected chi connectivity index (χ3v) is 3.68. The molecule has 0 saturated carbocycles. The van der Waals surface area contributed by atoms with Gasteiger partial charge in [0.1, 0.15) is 5.76 Å². The summed E-state index contributed by atoms with van der Waals surface area (Å²) in [5.74, 6) is 0.889. The highest BCUT2D eigenvalue weighted by Crippen LogP contribution is 2.30. The summed E-state index contributed by atoms with van der Waals surface area (Å²) in [7, 11) is 1.89. The summed E-state index contributed by atoms with van der Waals surface area (Å²) in [5, 5.41) is 6.07. The Morgan fingerprint density at radius 1 is 1.37 bits per heavy atom. The first-order valence-corrected chi connectivity index (χ1v) is 6.82. The Bertz CT molecular complexity index is 636. The van der Waals surface area contributed by atoms with Crippen molar-refractivity contribution < 1.29 is 9.21 Å². The van der Waals surface area contributed by atoms with Gasteiger partial charge in [-0.3, -0.25) is 4.79 Å². The lowest BCUT2D eigenvalue weighted by molar-refractivity contribution is -0.115. The fraction of sp³-hybridized carbons (Fsp3) is 0.214. The first kappa shape index (κ1) is 12.4. The number of nitrogens with one attached hydrogen (secondary N) is 2. The fourth-order valence-electron chi connectivity index (χ4n) is 2.39. The summed E-state index contributed by atoms with van der Waals surface area (Å²) >= 11 is 3.31. The Kier molecular flexibility index (Phi) is 3.16. The molecule has 2 heterocycles. The minimum atomic E-state index is -0.0210. The van der Waals surface area contributed by atoms with Crippen LogP contribution in [-0.4, -0.2) is 13.0 Å². The summed E-state index contributed by atoms with van der Waals surface area (Å²) in [4.78, 5) is 11.4. The Hall–Kier alpha value is -1.59. The maximum Gasteiger partial charge on any atom is 0.228 e. The van der Waals surface area contributed by atoms with Crippen molar-refractivity contribution in [3.63, 3.8) is 0 Å². The smallest absolute Gasteiger partial charge is 0.228 e. The lowest BCUT2D eigenvalue weighted by atomic mass is 10.0. The van der Waals surface area contributed by atoms with Crippen molar-refractivity contribution in [1.29, 1.82) is 0 Å². The number of carbonyl (C=O) groups excluding carboxylic acids is 1. The lowest BCUT2D eigenvalue weighted by Crippen LogP contribution is -2.17. The number of furan rings is 1. The van der Waals surface area contributed by atoms with Gasteiger partial charge in [0.15, 0.2) is 4.67 Å². The van der Waals surface area contributed by atoms with Crippen LogP contribution in [0.15, 0.2) is 39.4 Å². The molecule has 1 amide bonds. The molecule has 0 bridgehead atoms. The highest BCUT2D eigenvalue weighted by molar-refractivity contribution is 9.10. The molecule has 5 heteroatoms. The maximum absolute atomic E-state index is 11.4. The second-order valence-electron chi connectivity index (χ2n) is 4.51. The average Bonchev–Trinajstić information content (AvgIpc) is 2.95. The predicted octanol–water partition coefficient (Wildman–Crippen LogP) is 2.85. The number of amides is 1. The average molecular weight is 321 g/mol. The fourth-order valence-corrected chi connectivity index (χ4v) is 2.70. The highest BCUT2D eigenvalue weighted by atomic mass is 79.9. The third-order valence-electron chi connectivity index (χ3n) is 3.25. The maximum atomic E-state index is 11.4. The Balaban J connectivity index is 1.97. The van der Waals surface area contributed by atoms with Crippen LogP contribution in [0, 0.1) is 0 Å². The standard InChI is InChI=1S/C14H13BrN2O2/c1-16-14(11-4-5-12(15)19-11)8-2-3-10-9(6-8)7-13(18)17-10/h2-6,14,16H,7H2,1H3,(H,17,18). The number of halogens is 1. The van der Waals surface area contributed by atoms with Gasteiger partial charge in [-0.25, -0.2) is 0 Å². The van der Waals surface area contributed by atoms with Gasteiger partial charge in [-0.15, -0.1) is 0 Å². The van der Waals surface area contributed by atoms with E-state index in [2.05, 4.69) is 26.6 Å². The van der Waals surface area contributed by atoms with Crippen molar-refractivity contribution >= 4 is 27.5 Å². The van der Waals surface area contributed by atoms with Crippen LogP contribution in [0.25, 0.3) is 0 Å². The Labute approximate surface area is 119 Å². The predicted molar refractivity (Wildman–Crippen MR) is 76.1 cm³/mol. The van der Waals surface area contributed by atoms with Crippen molar-refractivity contribution in [2.24, 2.45) is 0 Å². The summed E-state index contributed by atoms with van der Waals surface area (Å²) in [6.45, 7) is 0. The van der Waals surface area contributed by atoms with E-state index in [9.17, 15) is 4.79 Å².